The average molecular weight is 240 g/mol. The Morgan fingerprint density at radius 1 is 1.69 bits per heavy atom. The second-order valence-corrected chi connectivity index (χ2v) is 5.33. The van der Waals surface area contributed by atoms with Crippen LogP contribution in [0.25, 0.3) is 0 Å². The summed E-state index contributed by atoms with van der Waals surface area (Å²) < 4.78 is 5.48. The maximum absolute atomic E-state index is 5.48. The molecule has 0 bridgehead atoms. The van der Waals surface area contributed by atoms with Crippen molar-refractivity contribution in [3.8, 4) is 0 Å². The molecular formula is C12H20N2OS. The van der Waals surface area contributed by atoms with Crippen molar-refractivity contribution in [1.29, 1.82) is 0 Å². The van der Waals surface area contributed by atoms with E-state index in [1.807, 2.05) is 11.7 Å². The highest BCUT2D eigenvalue weighted by atomic mass is 32.1. The van der Waals surface area contributed by atoms with Gasteiger partial charge < -0.3 is 10.1 Å². The smallest absolute Gasteiger partial charge is 0.0794 e. The monoisotopic (exact) mass is 240 g/mol. The number of aromatic nitrogens is 1. The van der Waals surface area contributed by atoms with Gasteiger partial charge in [0.2, 0.25) is 0 Å². The van der Waals surface area contributed by atoms with E-state index < -0.39 is 0 Å². The summed E-state index contributed by atoms with van der Waals surface area (Å²) in [7, 11) is 0. The zero-order chi connectivity index (χ0) is 11.2. The van der Waals surface area contributed by atoms with E-state index in [-0.39, 0.29) is 0 Å². The minimum absolute atomic E-state index is 0.558. The molecule has 1 aromatic rings. The van der Waals surface area contributed by atoms with Crippen molar-refractivity contribution in [2.45, 2.75) is 32.2 Å². The topological polar surface area (TPSA) is 34.2 Å². The molecule has 4 heteroatoms. The molecule has 1 saturated heterocycles. The van der Waals surface area contributed by atoms with Crippen molar-refractivity contribution in [3.63, 3.8) is 0 Å². The highest BCUT2D eigenvalue weighted by Crippen LogP contribution is 2.21. The first-order chi connectivity index (χ1) is 7.90. The van der Waals surface area contributed by atoms with E-state index in [1.54, 1.807) is 11.3 Å². The molecule has 2 rings (SSSR count). The summed E-state index contributed by atoms with van der Waals surface area (Å²) in [5.41, 5.74) is 1.91. The van der Waals surface area contributed by atoms with Crippen LogP contribution in [0.1, 0.15) is 24.6 Å². The summed E-state index contributed by atoms with van der Waals surface area (Å²) in [6, 6.07) is 0.558. The van der Waals surface area contributed by atoms with Crippen LogP contribution in [-0.2, 0) is 11.2 Å². The van der Waals surface area contributed by atoms with Gasteiger partial charge in [-0.15, -0.1) is 11.3 Å². The van der Waals surface area contributed by atoms with Crippen LogP contribution in [0.4, 0.5) is 0 Å². The van der Waals surface area contributed by atoms with Gasteiger partial charge in [0.25, 0.3) is 0 Å². The SMILES string of the molecule is CCCNC(Cc1cncs1)C1CCOC1. The Morgan fingerprint density at radius 3 is 3.25 bits per heavy atom. The molecule has 0 saturated carbocycles. The molecule has 16 heavy (non-hydrogen) atoms. The minimum atomic E-state index is 0.558. The highest BCUT2D eigenvalue weighted by Gasteiger charge is 2.25. The van der Waals surface area contributed by atoms with Crippen LogP contribution in [-0.4, -0.2) is 30.8 Å². The second-order valence-electron chi connectivity index (χ2n) is 4.36. The standard InChI is InChI=1S/C12H20N2OS/c1-2-4-14-12(10-3-5-15-8-10)6-11-7-13-9-16-11/h7,9-10,12,14H,2-6,8H2,1H3. The van der Waals surface area contributed by atoms with Gasteiger partial charge in [-0.1, -0.05) is 6.92 Å². The fourth-order valence-corrected chi connectivity index (χ4v) is 2.82. The lowest BCUT2D eigenvalue weighted by Gasteiger charge is -2.23. The van der Waals surface area contributed by atoms with Crippen LogP contribution in [0, 0.1) is 5.92 Å². The second kappa shape index (κ2) is 6.33. The summed E-state index contributed by atoms with van der Waals surface area (Å²) in [6.45, 7) is 5.15. The first-order valence-corrected chi connectivity index (χ1v) is 6.96. The molecule has 1 aliphatic heterocycles. The average Bonchev–Trinajstić information content (AvgIpc) is 2.96. The molecule has 2 heterocycles. The third-order valence-electron chi connectivity index (χ3n) is 3.10. The quantitative estimate of drug-likeness (QED) is 0.827. The lowest BCUT2D eigenvalue weighted by molar-refractivity contribution is 0.176. The van der Waals surface area contributed by atoms with Crippen molar-refractivity contribution < 1.29 is 4.74 Å². The Morgan fingerprint density at radius 2 is 2.62 bits per heavy atom. The third-order valence-corrected chi connectivity index (χ3v) is 3.90. The Labute approximate surface area is 101 Å². The lowest BCUT2D eigenvalue weighted by Crippen LogP contribution is -2.38. The fourth-order valence-electron chi connectivity index (χ4n) is 2.17. The summed E-state index contributed by atoms with van der Waals surface area (Å²) in [5.74, 6) is 0.675. The molecule has 0 radical (unpaired) electrons. The van der Waals surface area contributed by atoms with Crippen LogP contribution < -0.4 is 5.32 Å². The number of hydrogen-bond acceptors (Lipinski definition) is 4. The van der Waals surface area contributed by atoms with Gasteiger partial charge in [-0.2, -0.15) is 0 Å². The zero-order valence-corrected chi connectivity index (χ0v) is 10.6. The molecule has 90 valence electrons. The fraction of sp³-hybridized carbons (Fsp3) is 0.750. The van der Waals surface area contributed by atoms with Crippen molar-refractivity contribution in [2.75, 3.05) is 19.8 Å². The van der Waals surface area contributed by atoms with Crippen LogP contribution in [0.3, 0.4) is 0 Å². The predicted molar refractivity (Wildman–Crippen MR) is 66.8 cm³/mol. The van der Waals surface area contributed by atoms with E-state index in [4.69, 9.17) is 4.74 Å². The maximum atomic E-state index is 5.48. The Balaban J connectivity index is 1.90. The molecular weight excluding hydrogens is 220 g/mol. The summed E-state index contributed by atoms with van der Waals surface area (Å²) in [4.78, 5) is 5.52. The molecule has 1 N–H and O–H groups in total. The van der Waals surface area contributed by atoms with Gasteiger partial charge in [-0.25, -0.2) is 0 Å². The molecule has 1 fully saturated rings. The first-order valence-electron chi connectivity index (χ1n) is 6.08. The van der Waals surface area contributed by atoms with Crippen molar-refractivity contribution in [2.24, 2.45) is 5.92 Å². The van der Waals surface area contributed by atoms with Gasteiger partial charge in [-0.05, 0) is 25.8 Å². The summed E-state index contributed by atoms with van der Waals surface area (Å²) in [5, 5.41) is 3.65. The minimum Gasteiger partial charge on any atom is -0.381 e. The molecule has 3 nitrogen and oxygen atoms in total. The predicted octanol–water partition coefficient (Wildman–Crippen LogP) is 2.09. The van der Waals surface area contributed by atoms with Gasteiger partial charge >= 0.3 is 0 Å². The number of nitrogens with one attached hydrogen (secondary N) is 1. The van der Waals surface area contributed by atoms with Gasteiger partial charge in [0.15, 0.2) is 0 Å². The van der Waals surface area contributed by atoms with Gasteiger partial charge in [0.1, 0.15) is 0 Å². The number of nitrogens with zero attached hydrogens (tertiary/aromatic N) is 1. The van der Waals surface area contributed by atoms with Crippen molar-refractivity contribution in [3.05, 3.63) is 16.6 Å². The van der Waals surface area contributed by atoms with E-state index >= 15 is 0 Å². The molecule has 0 spiro atoms. The summed E-state index contributed by atoms with van der Waals surface area (Å²) in [6.07, 6.45) is 5.47. The van der Waals surface area contributed by atoms with E-state index in [0.717, 1.165) is 26.2 Å². The van der Waals surface area contributed by atoms with E-state index in [9.17, 15) is 0 Å². The number of ether oxygens (including phenoxy) is 1. The third kappa shape index (κ3) is 3.27. The van der Waals surface area contributed by atoms with E-state index in [0.29, 0.717) is 12.0 Å². The zero-order valence-electron chi connectivity index (χ0n) is 9.82. The molecule has 0 amide bonds. The van der Waals surface area contributed by atoms with Gasteiger partial charge in [0, 0.05) is 29.6 Å². The van der Waals surface area contributed by atoms with Gasteiger partial charge in [0.05, 0.1) is 12.1 Å². The Hall–Kier alpha value is -0.450. The molecule has 1 aromatic heterocycles. The molecule has 2 unspecified atom stereocenters. The largest absolute Gasteiger partial charge is 0.381 e. The van der Waals surface area contributed by atoms with Crippen LogP contribution in [0.5, 0.6) is 0 Å². The molecule has 1 aliphatic rings. The Bertz CT molecular complexity index is 283. The lowest BCUT2D eigenvalue weighted by atomic mass is 9.95. The number of rotatable bonds is 6. The normalized spacial score (nSPS) is 22.4. The van der Waals surface area contributed by atoms with E-state index in [1.165, 1.54) is 17.7 Å². The highest BCUT2D eigenvalue weighted by molar-refractivity contribution is 7.09. The number of hydrogen-bond donors (Lipinski definition) is 1. The van der Waals surface area contributed by atoms with Crippen molar-refractivity contribution in [1.82, 2.24) is 10.3 Å². The van der Waals surface area contributed by atoms with Crippen LogP contribution in [0.15, 0.2) is 11.7 Å². The van der Waals surface area contributed by atoms with Crippen LogP contribution in [0.2, 0.25) is 0 Å². The molecule has 0 aromatic carbocycles. The van der Waals surface area contributed by atoms with Crippen molar-refractivity contribution >= 4 is 11.3 Å². The Kier molecular flexibility index (Phi) is 4.75. The van der Waals surface area contributed by atoms with E-state index in [2.05, 4.69) is 17.2 Å². The van der Waals surface area contributed by atoms with Crippen LogP contribution >= 0.6 is 11.3 Å². The molecule has 2 atom stereocenters. The maximum Gasteiger partial charge on any atom is 0.0794 e. The molecule has 0 aliphatic carbocycles. The first kappa shape index (κ1) is 12.0. The van der Waals surface area contributed by atoms with Gasteiger partial charge in [-0.3, -0.25) is 4.98 Å². The number of thiazole rings is 1. The summed E-state index contributed by atoms with van der Waals surface area (Å²) >= 11 is 1.75.